The van der Waals surface area contributed by atoms with Gasteiger partial charge in [-0.25, -0.2) is 8.42 Å². The summed E-state index contributed by atoms with van der Waals surface area (Å²) in [6, 6.07) is 3.22. The molecule has 3 rings (SSSR count). The first-order valence-corrected chi connectivity index (χ1v) is 8.18. The molecule has 0 aliphatic carbocycles. The topological polar surface area (TPSA) is 91.1 Å². The summed E-state index contributed by atoms with van der Waals surface area (Å²) in [5, 5.41) is 0. The van der Waals surface area contributed by atoms with Gasteiger partial charge < -0.3 is 19.9 Å². The molecule has 0 amide bonds. The van der Waals surface area contributed by atoms with Crippen LogP contribution in [0.15, 0.2) is 17.0 Å². The lowest BCUT2D eigenvalue weighted by molar-refractivity contribution is 0.00449. The maximum absolute atomic E-state index is 12.8. The van der Waals surface area contributed by atoms with E-state index < -0.39 is 10.0 Å². The van der Waals surface area contributed by atoms with Crippen LogP contribution in [0, 0.1) is 6.92 Å². The fourth-order valence-electron chi connectivity index (χ4n) is 2.50. The van der Waals surface area contributed by atoms with Gasteiger partial charge in [-0.3, -0.25) is 0 Å². The van der Waals surface area contributed by atoms with Crippen LogP contribution in [0.1, 0.15) is 5.56 Å². The fourth-order valence-corrected chi connectivity index (χ4v) is 4.17. The predicted octanol–water partition coefficient (Wildman–Crippen LogP) is 0.494. The Morgan fingerprint density at radius 3 is 2.68 bits per heavy atom. The quantitative estimate of drug-likeness (QED) is 0.853. The van der Waals surface area contributed by atoms with Gasteiger partial charge in [0.1, 0.15) is 0 Å². The van der Waals surface area contributed by atoms with E-state index in [1.54, 1.807) is 13.0 Å². The summed E-state index contributed by atoms with van der Waals surface area (Å²) < 4.78 is 43.0. The van der Waals surface area contributed by atoms with Crippen molar-refractivity contribution in [2.24, 2.45) is 5.73 Å². The maximum atomic E-state index is 12.8. The number of hydrogen-bond acceptors (Lipinski definition) is 6. The summed E-state index contributed by atoms with van der Waals surface area (Å²) >= 11 is 0. The molecule has 2 aliphatic heterocycles. The lowest BCUT2D eigenvalue weighted by Gasteiger charge is -2.31. The van der Waals surface area contributed by atoms with Crippen LogP contribution in [0.2, 0.25) is 0 Å². The molecule has 124 valence electrons. The van der Waals surface area contributed by atoms with Crippen LogP contribution in [0.4, 0.5) is 0 Å². The molecule has 1 aromatic carbocycles. The highest BCUT2D eigenvalue weighted by Gasteiger charge is 2.32. The molecule has 0 aromatic heterocycles. The predicted molar refractivity (Wildman–Crippen MR) is 82.1 cm³/mol. The number of aryl methyl sites for hydroxylation is 1. The van der Waals surface area contributed by atoms with Crippen molar-refractivity contribution < 1.29 is 22.6 Å². The molecule has 0 bridgehead atoms. The van der Waals surface area contributed by atoms with Gasteiger partial charge in [0.15, 0.2) is 11.5 Å². The van der Waals surface area contributed by atoms with Gasteiger partial charge in [0.2, 0.25) is 16.8 Å². The molecule has 22 heavy (non-hydrogen) atoms. The van der Waals surface area contributed by atoms with Gasteiger partial charge in [0, 0.05) is 25.7 Å². The van der Waals surface area contributed by atoms with E-state index in [1.807, 2.05) is 0 Å². The van der Waals surface area contributed by atoms with Crippen LogP contribution < -0.4 is 15.2 Å². The van der Waals surface area contributed by atoms with Gasteiger partial charge in [0.25, 0.3) is 0 Å². The Morgan fingerprint density at radius 2 is 2.00 bits per heavy atom. The highest BCUT2D eigenvalue weighted by atomic mass is 35.5. The molecule has 7 nitrogen and oxygen atoms in total. The van der Waals surface area contributed by atoms with Gasteiger partial charge in [-0.15, -0.1) is 12.4 Å². The summed E-state index contributed by atoms with van der Waals surface area (Å²) in [4.78, 5) is 0.240. The SMILES string of the molecule is Cc1cc2c(cc1S(=O)(=O)N1CCOC(CN)C1)OCO2.Cl. The minimum Gasteiger partial charge on any atom is -0.454 e. The Hall–Kier alpha value is -1.06. The van der Waals surface area contributed by atoms with Crippen molar-refractivity contribution >= 4 is 22.4 Å². The van der Waals surface area contributed by atoms with Crippen molar-refractivity contribution in [3.05, 3.63) is 17.7 Å². The first-order valence-electron chi connectivity index (χ1n) is 6.74. The van der Waals surface area contributed by atoms with E-state index in [1.165, 1.54) is 10.4 Å². The molecule has 2 heterocycles. The number of rotatable bonds is 3. The van der Waals surface area contributed by atoms with E-state index in [4.69, 9.17) is 19.9 Å². The lowest BCUT2D eigenvalue weighted by atomic mass is 10.2. The zero-order chi connectivity index (χ0) is 15.0. The first-order chi connectivity index (χ1) is 10.0. The Morgan fingerprint density at radius 1 is 1.32 bits per heavy atom. The molecule has 9 heteroatoms. The largest absolute Gasteiger partial charge is 0.454 e. The number of nitrogens with two attached hydrogens (primary N) is 1. The number of sulfonamides is 1. The van der Waals surface area contributed by atoms with E-state index in [9.17, 15) is 8.42 Å². The van der Waals surface area contributed by atoms with Crippen molar-refractivity contribution in [3.63, 3.8) is 0 Å². The maximum Gasteiger partial charge on any atom is 0.243 e. The average molecular weight is 351 g/mol. The van der Waals surface area contributed by atoms with Crippen molar-refractivity contribution in [2.45, 2.75) is 17.9 Å². The monoisotopic (exact) mass is 350 g/mol. The Balaban J connectivity index is 0.00000176. The third-order valence-corrected chi connectivity index (χ3v) is 5.66. The van der Waals surface area contributed by atoms with Crippen molar-refractivity contribution in [2.75, 3.05) is 33.0 Å². The number of hydrogen-bond donors (Lipinski definition) is 1. The number of halogens is 1. The molecule has 0 radical (unpaired) electrons. The van der Waals surface area contributed by atoms with Gasteiger partial charge in [0.05, 0.1) is 17.6 Å². The van der Waals surface area contributed by atoms with Gasteiger partial charge in [-0.1, -0.05) is 0 Å². The summed E-state index contributed by atoms with van der Waals surface area (Å²) in [7, 11) is -3.60. The van der Waals surface area contributed by atoms with Crippen LogP contribution in [0.25, 0.3) is 0 Å². The highest BCUT2D eigenvalue weighted by molar-refractivity contribution is 7.89. The van der Waals surface area contributed by atoms with Crippen LogP contribution in [0.5, 0.6) is 11.5 Å². The molecule has 0 saturated carbocycles. The second kappa shape index (κ2) is 6.59. The molecule has 1 atom stereocenters. The van der Waals surface area contributed by atoms with Gasteiger partial charge >= 0.3 is 0 Å². The van der Waals surface area contributed by atoms with Gasteiger partial charge in [-0.2, -0.15) is 4.31 Å². The Bertz CT molecular complexity index is 652. The van der Waals surface area contributed by atoms with E-state index in [-0.39, 0.29) is 36.7 Å². The molecule has 0 spiro atoms. The number of benzene rings is 1. The van der Waals surface area contributed by atoms with E-state index in [2.05, 4.69) is 0 Å². The van der Waals surface area contributed by atoms with E-state index >= 15 is 0 Å². The first kappa shape index (κ1) is 17.3. The van der Waals surface area contributed by atoms with Crippen LogP contribution in [-0.2, 0) is 14.8 Å². The number of nitrogens with zero attached hydrogens (tertiary/aromatic N) is 1. The zero-order valence-electron chi connectivity index (χ0n) is 12.1. The average Bonchev–Trinajstić information content (AvgIpc) is 2.93. The molecule has 2 aliphatic rings. The lowest BCUT2D eigenvalue weighted by Crippen LogP contribution is -2.48. The van der Waals surface area contributed by atoms with Crippen LogP contribution in [0.3, 0.4) is 0 Å². The summed E-state index contributed by atoms with van der Waals surface area (Å²) in [5.41, 5.74) is 6.20. The molecule has 1 saturated heterocycles. The number of ether oxygens (including phenoxy) is 3. The third kappa shape index (κ3) is 3.02. The summed E-state index contributed by atoms with van der Waals surface area (Å²) in [6.45, 7) is 3.11. The molecule has 1 fully saturated rings. The Labute approximate surface area is 135 Å². The summed E-state index contributed by atoms with van der Waals surface area (Å²) in [6.07, 6.45) is -0.261. The minimum atomic E-state index is -3.60. The number of fused-ring (bicyclic) bond motifs is 1. The van der Waals surface area contributed by atoms with Crippen molar-refractivity contribution in [1.82, 2.24) is 4.31 Å². The zero-order valence-corrected chi connectivity index (χ0v) is 13.8. The standard InChI is InChI=1S/C13H18N2O5S.ClH/c1-9-4-11-12(20-8-19-11)5-13(9)21(16,17)15-2-3-18-10(6-14)7-15;/h4-5,10H,2-3,6-8,14H2,1H3;1H. The van der Waals surface area contributed by atoms with Crippen LogP contribution >= 0.6 is 12.4 Å². The summed E-state index contributed by atoms with van der Waals surface area (Å²) in [5.74, 6) is 1.04. The van der Waals surface area contributed by atoms with Crippen molar-refractivity contribution in [3.8, 4) is 11.5 Å². The van der Waals surface area contributed by atoms with E-state index in [0.29, 0.717) is 36.8 Å². The second-order valence-corrected chi connectivity index (χ2v) is 6.97. The molecular weight excluding hydrogens is 332 g/mol. The molecule has 2 N–H and O–H groups in total. The van der Waals surface area contributed by atoms with E-state index in [0.717, 1.165) is 0 Å². The normalized spacial score (nSPS) is 21.5. The van der Waals surface area contributed by atoms with Gasteiger partial charge in [-0.05, 0) is 18.6 Å². The smallest absolute Gasteiger partial charge is 0.243 e. The Kier molecular flexibility index (Phi) is 5.18. The number of morpholine rings is 1. The highest BCUT2D eigenvalue weighted by Crippen LogP contribution is 2.37. The minimum absolute atomic E-state index is 0. The van der Waals surface area contributed by atoms with Crippen LogP contribution in [-0.4, -0.2) is 51.9 Å². The fraction of sp³-hybridized carbons (Fsp3) is 0.538. The molecular formula is C13H19ClN2O5S. The molecule has 1 unspecified atom stereocenters. The van der Waals surface area contributed by atoms with Crippen molar-refractivity contribution in [1.29, 1.82) is 0 Å². The second-order valence-electron chi connectivity index (χ2n) is 5.06. The third-order valence-electron chi connectivity index (χ3n) is 3.65. The molecule has 1 aromatic rings.